The van der Waals surface area contributed by atoms with E-state index in [1.165, 1.54) is 19.3 Å². The van der Waals surface area contributed by atoms with E-state index in [0.29, 0.717) is 22.8 Å². The van der Waals surface area contributed by atoms with Crippen LogP contribution in [0.25, 0.3) is 17.4 Å². The number of amides is 2. The third kappa shape index (κ3) is 6.60. The lowest BCUT2D eigenvalue weighted by molar-refractivity contribution is -0.248. The van der Waals surface area contributed by atoms with Crippen LogP contribution in [0.4, 0.5) is 5.69 Å². The van der Waals surface area contributed by atoms with Gasteiger partial charge in [-0.05, 0) is 67.8 Å². The fraction of sp³-hybridized carbons (Fsp3) is 0.321. The lowest BCUT2D eigenvalue weighted by Gasteiger charge is -2.26. The molecule has 192 valence electrons. The van der Waals surface area contributed by atoms with Gasteiger partial charge < -0.3 is 4.42 Å². The Labute approximate surface area is 213 Å². The smallest absolute Gasteiger partial charge is 0.271 e. The predicted octanol–water partition coefficient (Wildman–Crippen LogP) is 6.30. The number of carbonyl (C=O) groups excluding carboxylic acids is 2. The van der Waals surface area contributed by atoms with Gasteiger partial charge in [-0.25, -0.2) is 10.4 Å². The highest BCUT2D eigenvalue weighted by molar-refractivity contribution is 6.19. The number of aryl methyl sites for hydroxylation is 2. The van der Waals surface area contributed by atoms with E-state index in [0.717, 1.165) is 21.6 Å². The molecule has 1 aromatic carbocycles. The minimum Gasteiger partial charge on any atom is -0.457 e. The topological polar surface area (TPSA) is 105 Å². The van der Waals surface area contributed by atoms with Crippen molar-refractivity contribution in [1.82, 2.24) is 4.90 Å². The second-order valence-electron chi connectivity index (χ2n) is 7.22. The van der Waals surface area contributed by atoms with Gasteiger partial charge in [0.1, 0.15) is 23.2 Å². The molecule has 0 fully saturated rings. The number of anilines is 1. The Morgan fingerprint density at radius 3 is 2.31 bits per heavy atom. The number of benzene rings is 1. The summed E-state index contributed by atoms with van der Waals surface area (Å²) in [4.78, 5) is 35.8. The highest BCUT2D eigenvalue weighted by Gasteiger charge is 2.34. The average Bonchev–Trinajstić information content (AvgIpc) is 3.36. The molecule has 2 aromatic rings. The summed E-state index contributed by atoms with van der Waals surface area (Å²) in [5, 5.41) is 9.42. The Morgan fingerprint density at radius 2 is 1.72 bits per heavy atom. The van der Waals surface area contributed by atoms with Crippen LogP contribution in [0, 0.1) is 25.2 Å². The molecular formula is C28H35N3O5. The molecule has 36 heavy (non-hydrogen) atoms. The largest absolute Gasteiger partial charge is 0.457 e. The van der Waals surface area contributed by atoms with Crippen molar-refractivity contribution in [2.45, 2.75) is 48.5 Å². The number of rotatable bonds is 7. The summed E-state index contributed by atoms with van der Waals surface area (Å²) < 4.78 is 5.98. The Kier molecular flexibility index (Phi) is 12.1. The molecule has 1 aliphatic rings. The van der Waals surface area contributed by atoms with Gasteiger partial charge in [0.25, 0.3) is 11.8 Å². The summed E-state index contributed by atoms with van der Waals surface area (Å²) in [5.41, 5.74) is 6.64. The van der Waals surface area contributed by atoms with Crippen LogP contribution >= 0.6 is 0 Å². The molecule has 2 heterocycles. The van der Waals surface area contributed by atoms with Gasteiger partial charge in [-0.3, -0.25) is 14.5 Å². The molecule has 0 saturated carbocycles. The van der Waals surface area contributed by atoms with Gasteiger partial charge in [0.05, 0.1) is 12.8 Å². The zero-order valence-electron chi connectivity index (χ0n) is 22.3. The van der Waals surface area contributed by atoms with E-state index in [2.05, 4.69) is 16.9 Å². The molecule has 8 nitrogen and oxygen atoms in total. The van der Waals surface area contributed by atoms with Crippen molar-refractivity contribution in [2.75, 3.05) is 19.1 Å². The quantitative estimate of drug-likeness (QED) is 0.159. The molecular weight excluding hydrogens is 458 g/mol. The first-order valence-electron chi connectivity index (χ1n) is 11.8. The number of nitrogens with one attached hydrogen (secondary N) is 1. The van der Waals surface area contributed by atoms with E-state index >= 15 is 0 Å². The Morgan fingerprint density at radius 1 is 1.08 bits per heavy atom. The van der Waals surface area contributed by atoms with Crippen LogP contribution in [0.15, 0.2) is 58.1 Å². The van der Waals surface area contributed by atoms with Crippen molar-refractivity contribution in [1.29, 1.82) is 5.26 Å². The van der Waals surface area contributed by atoms with E-state index in [1.807, 2.05) is 59.7 Å². The van der Waals surface area contributed by atoms with Crippen LogP contribution in [0.5, 0.6) is 0 Å². The highest BCUT2D eigenvalue weighted by atomic mass is 17.3. The highest BCUT2D eigenvalue weighted by Crippen LogP contribution is 2.34. The third-order valence-corrected chi connectivity index (χ3v) is 5.18. The maximum absolute atomic E-state index is 12.9. The minimum absolute atomic E-state index is 0.00798. The Hall–Kier alpha value is -3.93. The zero-order valence-corrected chi connectivity index (χ0v) is 22.3. The fourth-order valence-electron chi connectivity index (χ4n) is 3.33. The van der Waals surface area contributed by atoms with Crippen LogP contribution in [-0.4, -0.2) is 30.4 Å². The standard InChI is InChI=1S/C24H23N3O5.2C2H6/c1-6-9-27-23(28)18(16(4)20(13-25)24(27)29)12-17-7-8-22(31-17)19-10-14(2)15(3)11-21(19)26-32-30-5;2*1-2/h6-8,10-12,26H,1,9H2,2-5H3;2*1-2H3/b18-12+;;. The maximum Gasteiger partial charge on any atom is 0.271 e. The van der Waals surface area contributed by atoms with Crippen LogP contribution in [-0.2, 0) is 19.5 Å². The lowest BCUT2D eigenvalue weighted by Crippen LogP contribution is -2.42. The summed E-state index contributed by atoms with van der Waals surface area (Å²) >= 11 is 0. The van der Waals surface area contributed by atoms with Gasteiger partial charge in [-0.2, -0.15) is 5.26 Å². The van der Waals surface area contributed by atoms with Crippen molar-refractivity contribution < 1.29 is 23.9 Å². The summed E-state index contributed by atoms with van der Waals surface area (Å²) in [7, 11) is 1.39. The summed E-state index contributed by atoms with van der Waals surface area (Å²) in [5.74, 6) is -0.209. The van der Waals surface area contributed by atoms with Gasteiger partial charge >= 0.3 is 0 Å². The van der Waals surface area contributed by atoms with Crippen molar-refractivity contribution in [3.05, 3.63) is 70.5 Å². The van der Waals surface area contributed by atoms with E-state index in [1.54, 1.807) is 19.1 Å². The molecule has 0 atom stereocenters. The zero-order chi connectivity index (χ0) is 27.4. The number of hydrogen-bond acceptors (Lipinski definition) is 7. The fourth-order valence-corrected chi connectivity index (χ4v) is 3.33. The molecule has 0 aliphatic carbocycles. The molecule has 8 heteroatoms. The second-order valence-corrected chi connectivity index (χ2v) is 7.22. The average molecular weight is 494 g/mol. The van der Waals surface area contributed by atoms with Gasteiger partial charge in [0.2, 0.25) is 0 Å². The molecule has 0 radical (unpaired) electrons. The number of nitriles is 1. The lowest BCUT2D eigenvalue weighted by atomic mass is 9.94. The number of carbonyl (C=O) groups is 2. The molecule has 3 rings (SSSR count). The predicted molar refractivity (Wildman–Crippen MR) is 141 cm³/mol. The molecule has 1 aliphatic heterocycles. The van der Waals surface area contributed by atoms with Crippen LogP contribution in [0.1, 0.15) is 51.5 Å². The summed E-state index contributed by atoms with van der Waals surface area (Å²) in [6.07, 6.45) is 2.96. The third-order valence-electron chi connectivity index (χ3n) is 5.18. The first-order valence-corrected chi connectivity index (χ1v) is 11.8. The van der Waals surface area contributed by atoms with Crippen LogP contribution in [0.2, 0.25) is 0 Å². The maximum atomic E-state index is 12.9. The molecule has 0 saturated heterocycles. The van der Waals surface area contributed by atoms with Crippen molar-refractivity contribution in [3.63, 3.8) is 0 Å². The number of furan rings is 1. The van der Waals surface area contributed by atoms with Crippen molar-refractivity contribution >= 4 is 23.6 Å². The Balaban J connectivity index is 0.00000154. The van der Waals surface area contributed by atoms with Crippen LogP contribution in [0.3, 0.4) is 0 Å². The van der Waals surface area contributed by atoms with Gasteiger partial charge in [-0.1, -0.05) is 33.8 Å². The van der Waals surface area contributed by atoms with E-state index < -0.39 is 11.8 Å². The summed E-state index contributed by atoms with van der Waals surface area (Å²) in [6, 6.07) is 9.21. The number of nitrogens with zero attached hydrogens (tertiary/aromatic N) is 2. The molecule has 0 bridgehead atoms. The monoisotopic (exact) mass is 493 g/mol. The Bertz CT molecular complexity index is 1200. The minimum atomic E-state index is -0.629. The molecule has 1 N–H and O–H groups in total. The molecule has 1 aromatic heterocycles. The van der Waals surface area contributed by atoms with Gasteiger partial charge in [0.15, 0.2) is 0 Å². The SMILES string of the molecule is C=CCN1C(=O)C(C#N)=C(C)/C(=C\c2ccc(-c3cc(C)c(C)cc3NOOC)o2)C1=O.CC.CC. The van der Waals surface area contributed by atoms with E-state index in [4.69, 9.17) is 9.41 Å². The molecule has 0 spiro atoms. The van der Waals surface area contributed by atoms with Gasteiger partial charge in [0, 0.05) is 17.7 Å². The van der Waals surface area contributed by atoms with E-state index in [-0.39, 0.29) is 17.7 Å². The first kappa shape index (κ1) is 30.1. The molecule has 2 amide bonds. The number of imide groups is 1. The van der Waals surface area contributed by atoms with Crippen molar-refractivity contribution in [2.24, 2.45) is 0 Å². The van der Waals surface area contributed by atoms with Crippen molar-refractivity contribution in [3.8, 4) is 17.4 Å². The second kappa shape index (κ2) is 14.5. The molecule has 0 unspecified atom stereocenters. The van der Waals surface area contributed by atoms with E-state index in [9.17, 15) is 14.9 Å². The summed E-state index contributed by atoms with van der Waals surface area (Å²) in [6.45, 7) is 17.1. The first-order chi connectivity index (χ1) is 17.3. The van der Waals surface area contributed by atoms with Gasteiger partial charge in [-0.15, -0.1) is 11.6 Å². The van der Waals surface area contributed by atoms with Crippen LogP contribution < -0.4 is 5.48 Å². The number of hydrogen-bond donors (Lipinski definition) is 1. The normalized spacial score (nSPS) is 14.0.